The van der Waals surface area contributed by atoms with E-state index in [9.17, 15) is 5.26 Å². The van der Waals surface area contributed by atoms with Crippen molar-refractivity contribution in [3.8, 4) is 23.4 Å². The van der Waals surface area contributed by atoms with Gasteiger partial charge in [0.25, 0.3) is 0 Å². The molecule has 0 radical (unpaired) electrons. The monoisotopic (exact) mass is 343 g/mol. The Hall–Kier alpha value is -3.52. The van der Waals surface area contributed by atoms with E-state index in [1.807, 2.05) is 61.5 Å². The molecule has 1 aromatic heterocycles. The van der Waals surface area contributed by atoms with Crippen LogP contribution < -0.4 is 9.47 Å². The minimum atomic E-state index is -0.216. The molecular formula is C21H17N3O2. The summed E-state index contributed by atoms with van der Waals surface area (Å²) >= 11 is 0. The predicted molar refractivity (Wildman–Crippen MR) is 97.5 cm³/mol. The van der Waals surface area contributed by atoms with Crippen LogP contribution in [0.3, 0.4) is 0 Å². The average Bonchev–Trinajstić information content (AvgIpc) is 3.05. The summed E-state index contributed by atoms with van der Waals surface area (Å²) in [4.78, 5) is 0. The lowest BCUT2D eigenvalue weighted by Crippen LogP contribution is -2.12. The average molecular weight is 343 g/mol. The summed E-state index contributed by atoms with van der Waals surface area (Å²) in [5.74, 6) is 1.21. The molecule has 26 heavy (non-hydrogen) atoms. The largest absolute Gasteiger partial charge is 0.497 e. The van der Waals surface area contributed by atoms with Gasteiger partial charge in [-0.3, -0.25) is 0 Å². The van der Waals surface area contributed by atoms with E-state index in [-0.39, 0.29) is 5.92 Å². The summed E-state index contributed by atoms with van der Waals surface area (Å²) in [5, 5.41) is 14.3. The third-order valence-electron chi connectivity index (χ3n) is 4.54. The summed E-state index contributed by atoms with van der Waals surface area (Å²) in [6, 6.07) is 19.8. The van der Waals surface area contributed by atoms with Crippen LogP contribution in [0.2, 0.25) is 0 Å². The molecule has 0 saturated carbocycles. The van der Waals surface area contributed by atoms with Gasteiger partial charge in [0, 0.05) is 0 Å². The fourth-order valence-electron chi connectivity index (χ4n) is 3.28. The molecule has 5 heteroatoms. The number of para-hydroxylation sites is 1. The normalized spacial score (nSPS) is 15.4. The molecule has 2 aromatic carbocycles. The Kier molecular flexibility index (Phi) is 3.94. The van der Waals surface area contributed by atoms with Gasteiger partial charge in [0.05, 0.1) is 41.6 Å². The maximum atomic E-state index is 9.61. The van der Waals surface area contributed by atoms with Crippen molar-refractivity contribution in [3.05, 3.63) is 83.3 Å². The second kappa shape index (κ2) is 6.41. The van der Waals surface area contributed by atoms with E-state index in [1.54, 1.807) is 11.8 Å². The van der Waals surface area contributed by atoms with Gasteiger partial charge in [-0.2, -0.15) is 10.4 Å². The zero-order valence-corrected chi connectivity index (χ0v) is 14.5. The van der Waals surface area contributed by atoms with Gasteiger partial charge in [-0.05, 0) is 36.8 Å². The van der Waals surface area contributed by atoms with Crippen LogP contribution in [0.25, 0.3) is 5.69 Å². The Morgan fingerprint density at radius 2 is 1.85 bits per heavy atom. The minimum absolute atomic E-state index is 0.216. The number of ether oxygens (including phenoxy) is 2. The number of hydrogen-bond acceptors (Lipinski definition) is 4. The van der Waals surface area contributed by atoms with E-state index >= 15 is 0 Å². The predicted octanol–water partition coefficient (Wildman–Crippen LogP) is 4.12. The van der Waals surface area contributed by atoms with Crippen LogP contribution in [-0.4, -0.2) is 16.9 Å². The zero-order valence-electron chi connectivity index (χ0n) is 14.5. The molecule has 1 unspecified atom stereocenters. The molecule has 1 aliphatic heterocycles. The quantitative estimate of drug-likeness (QED) is 0.718. The second-order valence-electron chi connectivity index (χ2n) is 6.06. The lowest BCUT2D eigenvalue weighted by molar-refractivity contribution is 0.414. The van der Waals surface area contributed by atoms with Gasteiger partial charge in [0.2, 0.25) is 5.88 Å². The van der Waals surface area contributed by atoms with E-state index in [0.717, 1.165) is 28.3 Å². The van der Waals surface area contributed by atoms with Gasteiger partial charge in [-0.15, -0.1) is 0 Å². The highest BCUT2D eigenvalue weighted by atomic mass is 16.5. The summed E-state index contributed by atoms with van der Waals surface area (Å²) in [6.45, 7) is 1.94. The third kappa shape index (κ3) is 2.52. The molecule has 4 rings (SSSR count). The molecule has 0 aliphatic carbocycles. The number of benzene rings is 2. The van der Waals surface area contributed by atoms with Gasteiger partial charge in [0.15, 0.2) is 0 Å². The minimum Gasteiger partial charge on any atom is -0.497 e. The highest BCUT2D eigenvalue weighted by Gasteiger charge is 2.33. The Labute approximate surface area is 151 Å². The van der Waals surface area contributed by atoms with Crippen molar-refractivity contribution in [1.82, 2.24) is 9.78 Å². The Balaban J connectivity index is 1.87. The van der Waals surface area contributed by atoms with Crippen LogP contribution >= 0.6 is 0 Å². The first kappa shape index (κ1) is 16.0. The van der Waals surface area contributed by atoms with Crippen LogP contribution in [0.4, 0.5) is 0 Å². The van der Waals surface area contributed by atoms with Gasteiger partial charge in [0.1, 0.15) is 12.0 Å². The summed E-state index contributed by atoms with van der Waals surface area (Å²) in [6.07, 6.45) is 1.53. The van der Waals surface area contributed by atoms with Crippen LogP contribution in [0.15, 0.2) is 66.4 Å². The van der Waals surface area contributed by atoms with Crippen molar-refractivity contribution in [2.45, 2.75) is 12.8 Å². The van der Waals surface area contributed by atoms with Crippen molar-refractivity contribution in [2.24, 2.45) is 0 Å². The maximum absolute atomic E-state index is 9.61. The molecule has 0 spiro atoms. The fraction of sp³-hybridized carbons (Fsp3) is 0.143. The van der Waals surface area contributed by atoms with Crippen LogP contribution in [0.5, 0.6) is 11.6 Å². The van der Waals surface area contributed by atoms with E-state index in [2.05, 4.69) is 11.2 Å². The molecular weight excluding hydrogens is 326 g/mol. The highest BCUT2D eigenvalue weighted by molar-refractivity contribution is 5.56. The molecule has 0 saturated heterocycles. The molecule has 0 bridgehead atoms. The third-order valence-corrected chi connectivity index (χ3v) is 4.54. The van der Waals surface area contributed by atoms with Gasteiger partial charge >= 0.3 is 0 Å². The van der Waals surface area contributed by atoms with E-state index in [0.29, 0.717) is 11.5 Å². The first-order valence-corrected chi connectivity index (χ1v) is 8.28. The standard InChI is InChI=1S/C21H17N3O2/c1-14-19-20(15-8-10-18(25-2)11-9-15)16(12-22)13-26-21(19)24(23-14)17-6-4-3-5-7-17/h3-11,13,20H,1-2H3. The molecule has 3 aromatic rings. The van der Waals surface area contributed by atoms with Gasteiger partial charge in [-0.25, -0.2) is 4.68 Å². The number of aryl methyl sites for hydroxylation is 1. The number of methoxy groups -OCH3 is 1. The molecule has 0 fully saturated rings. The first-order chi connectivity index (χ1) is 12.7. The Bertz CT molecular complexity index is 1010. The van der Waals surface area contributed by atoms with E-state index in [4.69, 9.17) is 9.47 Å². The Morgan fingerprint density at radius 3 is 2.50 bits per heavy atom. The first-order valence-electron chi connectivity index (χ1n) is 8.28. The van der Waals surface area contributed by atoms with Crippen molar-refractivity contribution in [2.75, 3.05) is 7.11 Å². The second-order valence-corrected chi connectivity index (χ2v) is 6.06. The number of hydrogen-bond donors (Lipinski definition) is 0. The maximum Gasteiger partial charge on any atom is 0.226 e. The molecule has 128 valence electrons. The van der Waals surface area contributed by atoms with E-state index < -0.39 is 0 Å². The van der Waals surface area contributed by atoms with Crippen molar-refractivity contribution < 1.29 is 9.47 Å². The smallest absolute Gasteiger partial charge is 0.226 e. The number of aromatic nitrogens is 2. The van der Waals surface area contributed by atoms with Crippen LogP contribution in [-0.2, 0) is 0 Å². The van der Waals surface area contributed by atoms with Crippen molar-refractivity contribution >= 4 is 0 Å². The molecule has 2 heterocycles. The summed E-state index contributed by atoms with van der Waals surface area (Å²) in [5.41, 5.74) is 4.22. The van der Waals surface area contributed by atoms with Crippen LogP contribution in [0.1, 0.15) is 22.7 Å². The zero-order chi connectivity index (χ0) is 18.1. The number of nitriles is 1. The summed E-state index contributed by atoms with van der Waals surface area (Å²) in [7, 11) is 1.64. The summed E-state index contributed by atoms with van der Waals surface area (Å²) < 4.78 is 12.8. The van der Waals surface area contributed by atoms with Crippen molar-refractivity contribution in [3.63, 3.8) is 0 Å². The number of fused-ring (bicyclic) bond motifs is 1. The molecule has 1 aliphatic rings. The molecule has 0 amide bonds. The molecule has 1 atom stereocenters. The van der Waals surface area contributed by atoms with E-state index in [1.165, 1.54) is 6.26 Å². The highest BCUT2D eigenvalue weighted by Crippen LogP contribution is 2.43. The Morgan fingerprint density at radius 1 is 1.12 bits per heavy atom. The van der Waals surface area contributed by atoms with Crippen molar-refractivity contribution in [1.29, 1.82) is 5.26 Å². The lowest BCUT2D eigenvalue weighted by atomic mass is 9.85. The lowest BCUT2D eigenvalue weighted by Gasteiger charge is -2.22. The topological polar surface area (TPSA) is 60.1 Å². The van der Waals surface area contributed by atoms with Gasteiger partial charge < -0.3 is 9.47 Å². The number of nitrogens with zero attached hydrogens (tertiary/aromatic N) is 3. The number of rotatable bonds is 3. The number of allylic oxidation sites excluding steroid dienone is 1. The SMILES string of the molecule is COc1ccc(C2C(C#N)=COc3c2c(C)nn3-c2ccccc2)cc1. The molecule has 0 N–H and O–H groups in total. The molecule has 5 nitrogen and oxygen atoms in total. The fourth-order valence-corrected chi connectivity index (χ4v) is 3.28. The van der Waals surface area contributed by atoms with Crippen LogP contribution in [0, 0.1) is 18.3 Å². The van der Waals surface area contributed by atoms with Gasteiger partial charge in [-0.1, -0.05) is 30.3 Å².